The molecule has 0 spiro atoms. The van der Waals surface area contributed by atoms with Gasteiger partial charge in [-0.15, -0.1) is 11.3 Å². The predicted molar refractivity (Wildman–Crippen MR) is 86.9 cm³/mol. The fraction of sp³-hybridized carbons (Fsp3) is 0.375. The predicted octanol–water partition coefficient (Wildman–Crippen LogP) is 3.05. The molecule has 1 aromatic heterocycles. The van der Waals surface area contributed by atoms with Gasteiger partial charge in [0.05, 0.1) is 24.9 Å². The standard InChI is InChI=1S/C16H20N2O3S/c1-10-15(22-11(2)17-10)16(19)18(3)9-12-6-7-13(20-4)8-14(12)21-5/h6-8H,9H2,1-5H3. The van der Waals surface area contributed by atoms with Crippen molar-refractivity contribution in [2.75, 3.05) is 21.3 Å². The lowest BCUT2D eigenvalue weighted by Gasteiger charge is -2.18. The SMILES string of the molecule is COc1ccc(CN(C)C(=O)c2sc(C)nc2C)c(OC)c1. The molecule has 0 saturated carbocycles. The van der Waals surface area contributed by atoms with E-state index in [2.05, 4.69) is 4.98 Å². The van der Waals surface area contributed by atoms with Crippen LogP contribution in [-0.4, -0.2) is 37.1 Å². The Bertz CT molecular complexity index is 682. The third-order valence-corrected chi connectivity index (χ3v) is 4.41. The molecule has 1 amide bonds. The molecule has 2 rings (SSSR count). The number of rotatable bonds is 5. The Morgan fingerprint density at radius 3 is 2.55 bits per heavy atom. The Labute approximate surface area is 134 Å². The van der Waals surface area contributed by atoms with Crippen LogP contribution in [0.1, 0.15) is 25.9 Å². The number of aromatic nitrogens is 1. The quantitative estimate of drug-likeness (QED) is 0.849. The monoisotopic (exact) mass is 320 g/mol. The summed E-state index contributed by atoms with van der Waals surface area (Å²) in [6, 6.07) is 5.58. The molecule has 5 nitrogen and oxygen atoms in total. The Hall–Kier alpha value is -2.08. The van der Waals surface area contributed by atoms with Gasteiger partial charge in [-0.1, -0.05) is 0 Å². The summed E-state index contributed by atoms with van der Waals surface area (Å²) in [6.07, 6.45) is 0. The van der Waals surface area contributed by atoms with E-state index in [-0.39, 0.29) is 5.91 Å². The topological polar surface area (TPSA) is 51.7 Å². The van der Waals surface area contributed by atoms with Crippen molar-refractivity contribution in [3.05, 3.63) is 39.3 Å². The molecular formula is C16H20N2O3S. The zero-order valence-corrected chi connectivity index (χ0v) is 14.3. The third-order valence-electron chi connectivity index (χ3n) is 3.35. The highest BCUT2D eigenvalue weighted by molar-refractivity contribution is 7.13. The fourth-order valence-corrected chi connectivity index (χ4v) is 3.13. The van der Waals surface area contributed by atoms with E-state index in [0.29, 0.717) is 17.2 Å². The number of amides is 1. The van der Waals surface area contributed by atoms with Crippen LogP contribution < -0.4 is 9.47 Å². The molecule has 0 aliphatic heterocycles. The lowest BCUT2D eigenvalue weighted by molar-refractivity contribution is 0.0788. The highest BCUT2D eigenvalue weighted by Crippen LogP contribution is 2.26. The van der Waals surface area contributed by atoms with Gasteiger partial charge in [0.1, 0.15) is 16.4 Å². The molecule has 118 valence electrons. The number of thiazole rings is 1. The number of carbonyl (C=O) groups excluding carboxylic acids is 1. The van der Waals surface area contributed by atoms with Crippen molar-refractivity contribution in [1.29, 1.82) is 0 Å². The number of carbonyl (C=O) groups is 1. The van der Waals surface area contributed by atoms with Crippen LogP contribution in [0.4, 0.5) is 0 Å². The minimum atomic E-state index is -0.0269. The summed E-state index contributed by atoms with van der Waals surface area (Å²) in [5, 5.41) is 0.899. The Morgan fingerprint density at radius 2 is 2.00 bits per heavy atom. The molecule has 2 aromatic rings. The van der Waals surface area contributed by atoms with E-state index in [4.69, 9.17) is 9.47 Å². The van der Waals surface area contributed by atoms with E-state index < -0.39 is 0 Å². The molecule has 1 aromatic carbocycles. The summed E-state index contributed by atoms with van der Waals surface area (Å²) in [7, 11) is 5.00. The van der Waals surface area contributed by atoms with Gasteiger partial charge in [-0.3, -0.25) is 4.79 Å². The van der Waals surface area contributed by atoms with Gasteiger partial charge >= 0.3 is 0 Å². The van der Waals surface area contributed by atoms with Crippen molar-refractivity contribution in [1.82, 2.24) is 9.88 Å². The van der Waals surface area contributed by atoms with Crippen LogP contribution in [-0.2, 0) is 6.54 Å². The van der Waals surface area contributed by atoms with Gasteiger partial charge in [0.15, 0.2) is 0 Å². The number of hydrogen-bond donors (Lipinski definition) is 0. The molecule has 0 N–H and O–H groups in total. The van der Waals surface area contributed by atoms with Crippen molar-refractivity contribution >= 4 is 17.2 Å². The molecule has 0 radical (unpaired) electrons. The first kappa shape index (κ1) is 16.3. The second kappa shape index (κ2) is 6.79. The average molecular weight is 320 g/mol. The molecule has 0 unspecified atom stereocenters. The number of ether oxygens (including phenoxy) is 2. The van der Waals surface area contributed by atoms with E-state index in [0.717, 1.165) is 22.0 Å². The maximum Gasteiger partial charge on any atom is 0.265 e. The molecule has 22 heavy (non-hydrogen) atoms. The van der Waals surface area contributed by atoms with Crippen molar-refractivity contribution in [3.63, 3.8) is 0 Å². The van der Waals surface area contributed by atoms with Gasteiger partial charge in [-0.2, -0.15) is 0 Å². The minimum Gasteiger partial charge on any atom is -0.497 e. The smallest absolute Gasteiger partial charge is 0.265 e. The second-order valence-electron chi connectivity index (χ2n) is 4.99. The highest BCUT2D eigenvalue weighted by atomic mass is 32.1. The Balaban J connectivity index is 2.19. The first-order chi connectivity index (χ1) is 10.5. The van der Waals surface area contributed by atoms with E-state index in [1.54, 1.807) is 26.2 Å². The van der Waals surface area contributed by atoms with Gasteiger partial charge in [-0.25, -0.2) is 4.98 Å². The van der Waals surface area contributed by atoms with E-state index in [1.165, 1.54) is 11.3 Å². The number of nitrogens with zero attached hydrogens (tertiary/aromatic N) is 2. The summed E-state index contributed by atoms with van der Waals surface area (Å²) in [6.45, 7) is 4.22. The lowest BCUT2D eigenvalue weighted by atomic mass is 10.1. The summed E-state index contributed by atoms with van der Waals surface area (Å²) in [5.74, 6) is 1.40. The maximum atomic E-state index is 12.5. The van der Waals surface area contributed by atoms with Gasteiger partial charge in [-0.05, 0) is 26.0 Å². The number of methoxy groups -OCH3 is 2. The number of aryl methyl sites for hydroxylation is 2. The average Bonchev–Trinajstić information content (AvgIpc) is 2.85. The van der Waals surface area contributed by atoms with Gasteiger partial charge in [0, 0.05) is 25.2 Å². The summed E-state index contributed by atoms with van der Waals surface area (Å²) < 4.78 is 10.6. The summed E-state index contributed by atoms with van der Waals surface area (Å²) >= 11 is 1.42. The van der Waals surface area contributed by atoms with Crippen LogP contribution in [0.3, 0.4) is 0 Å². The number of hydrogen-bond acceptors (Lipinski definition) is 5. The molecule has 0 atom stereocenters. The molecule has 0 aliphatic carbocycles. The maximum absolute atomic E-state index is 12.5. The zero-order chi connectivity index (χ0) is 16.3. The van der Waals surface area contributed by atoms with Gasteiger partial charge < -0.3 is 14.4 Å². The molecule has 1 heterocycles. The van der Waals surface area contributed by atoms with Gasteiger partial charge in [0.2, 0.25) is 0 Å². The third kappa shape index (κ3) is 3.39. The highest BCUT2D eigenvalue weighted by Gasteiger charge is 2.19. The Morgan fingerprint density at radius 1 is 1.27 bits per heavy atom. The molecule has 6 heteroatoms. The van der Waals surface area contributed by atoms with E-state index >= 15 is 0 Å². The van der Waals surface area contributed by atoms with Crippen LogP contribution in [0.15, 0.2) is 18.2 Å². The minimum absolute atomic E-state index is 0.0269. The first-order valence-corrected chi connectivity index (χ1v) is 7.68. The summed E-state index contributed by atoms with van der Waals surface area (Å²) in [4.78, 5) is 19.2. The first-order valence-electron chi connectivity index (χ1n) is 6.86. The van der Waals surface area contributed by atoms with Gasteiger partial charge in [0.25, 0.3) is 5.91 Å². The fourth-order valence-electron chi connectivity index (χ4n) is 2.21. The van der Waals surface area contributed by atoms with Crippen molar-refractivity contribution in [2.24, 2.45) is 0 Å². The van der Waals surface area contributed by atoms with Crippen LogP contribution in [0, 0.1) is 13.8 Å². The molecule has 0 fully saturated rings. The lowest BCUT2D eigenvalue weighted by Crippen LogP contribution is -2.26. The van der Waals surface area contributed by atoms with Crippen LogP contribution in [0.5, 0.6) is 11.5 Å². The molecule has 0 bridgehead atoms. The van der Waals surface area contributed by atoms with E-state index in [1.807, 2.05) is 32.0 Å². The van der Waals surface area contributed by atoms with Crippen molar-refractivity contribution in [2.45, 2.75) is 20.4 Å². The van der Waals surface area contributed by atoms with Crippen molar-refractivity contribution < 1.29 is 14.3 Å². The Kier molecular flexibility index (Phi) is 5.03. The zero-order valence-electron chi connectivity index (χ0n) is 13.5. The molecule has 0 aliphatic rings. The normalized spacial score (nSPS) is 10.4. The van der Waals surface area contributed by atoms with Crippen LogP contribution in [0.25, 0.3) is 0 Å². The second-order valence-corrected chi connectivity index (χ2v) is 6.19. The van der Waals surface area contributed by atoms with Crippen LogP contribution in [0.2, 0.25) is 0 Å². The molecular weight excluding hydrogens is 300 g/mol. The van der Waals surface area contributed by atoms with E-state index in [9.17, 15) is 4.79 Å². The van der Waals surface area contributed by atoms with Crippen molar-refractivity contribution in [3.8, 4) is 11.5 Å². The largest absolute Gasteiger partial charge is 0.497 e. The molecule has 0 saturated heterocycles. The summed E-state index contributed by atoms with van der Waals surface area (Å²) in [5.41, 5.74) is 1.71. The van der Waals surface area contributed by atoms with Crippen LogP contribution >= 0.6 is 11.3 Å². The number of benzene rings is 1.